The van der Waals surface area contributed by atoms with Crippen molar-refractivity contribution < 1.29 is 9.47 Å². The summed E-state index contributed by atoms with van der Waals surface area (Å²) in [5, 5.41) is 0. The van der Waals surface area contributed by atoms with Gasteiger partial charge in [-0.2, -0.15) is 0 Å². The van der Waals surface area contributed by atoms with Gasteiger partial charge in [0.25, 0.3) is 0 Å². The zero-order valence-electron chi connectivity index (χ0n) is 14.6. The first-order valence-electron chi connectivity index (χ1n) is 8.39. The van der Waals surface area contributed by atoms with Gasteiger partial charge in [-0.1, -0.05) is 41.5 Å². The average Bonchev–Trinajstić information content (AvgIpc) is 2.28. The zero-order valence-corrected chi connectivity index (χ0v) is 14.6. The summed E-state index contributed by atoms with van der Waals surface area (Å²) in [6.45, 7) is 15.5. The molecule has 120 valence electrons. The van der Waals surface area contributed by atoms with Gasteiger partial charge in [0.2, 0.25) is 0 Å². The molecule has 0 amide bonds. The van der Waals surface area contributed by atoms with Crippen molar-refractivity contribution in [2.24, 2.45) is 10.8 Å². The molecule has 1 saturated carbocycles. The summed E-state index contributed by atoms with van der Waals surface area (Å²) >= 11 is 0. The molecule has 0 saturated heterocycles. The Morgan fingerprint density at radius 3 is 1.20 bits per heavy atom. The van der Waals surface area contributed by atoms with Crippen LogP contribution in [0.25, 0.3) is 0 Å². The second-order valence-electron chi connectivity index (χ2n) is 8.76. The van der Waals surface area contributed by atoms with Gasteiger partial charge in [0.15, 0.2) is 0 Å². The molecule has 1 rings (SSSR count). The molecule has 1 fully saturated rings. The first-order valence-corrected chi connectivity index (χ1v) is 8.39. The van der Waals surface area contributed by atoms with Crippen LogP contribution in [0.2, 0.25) is 0 Å². The van der Waals surface area contributed by atoms with Crippen LogP contribution in [-0.2, 0) is 9.47 Å². The fourth-order valence-electron chi connectivity index (χ4n) is 2.43. The van der Waals surface area contributed by atoms with Crippen LogP contribution in [0.1, 0.15) is 80.1 Å². The van der Waals surface area contributed by atoms with Crippen molar-refractivity contribution >= 4 is 0 Å². The molecule has 2 nitrogen and oxygen atoms in total. The molecule has 0 bridgehead atoms. The number of ether oxygens (including phenoxy) is 2. The molecule has 1 aliphatic rings. The summed E-state index contributed by atoms with van der Waals surface area (Å²) in [6, 6.07) is 0. The van der Waals surface area contributed by atoms with Crippen LogP contribution in [-0.4, -0.2) is 25.4 Å². The molecule has 1 aliphatic carbocycles. The van der Waals surface area contributed by atoms with Crippen LogP contribution in [0.4, 0.5) is 0 Å². The van der Waals surface area contributed by atoms with Crippen molar-refractivity contribution in [1.82, 2.24) is 0 Å². The van der Waals surface area contributed by atoms with E-state index in [0.29, 0.717) is 23.0 Å². The smallest absolute Gasteiger partial charge is 0.0577 e. The maximum Gasteiger partial charge on any atom is 0.0577 e. The maximum atomic E-state index is 6.01. The lowest BCUT2D eigenvalue weighted by Gasteiger charge is -2.30. The molecule has 0 aliphatic heterocycles. The van der Waals surface area contributed by atoms with E-state index in [0.717, 1.165) is 26.1 Å². The standard InChI is InChI=1S/C18H36O2/c1-17(2,3)11-13-19-15-7-9-16(10-8-15)20-14-12-18(4,5)6/h15-16H,7-14H2,1-6H3. The Labute approximate surface area is 126 Å². The van der Waals surface area contributed by atoms with Crippen molar-refractivity contribution in [1.29, 1.82) is 0 Å². The van der Waals surface area contributed by atoms with E-state index >= 15 is 0 Å². The van der Waals surface area contributed by atoms with E-state index in [-0.39, 0.29) is 0 Å². The third kappa shape index (κ3) is 8.97. The summed E-state index contributed by atoms with van der Waals surface area (Å²) in [4.78, 5) is 0. The second kappa shape index (κ2) is 7.79. The fraction of sp³-hybridized carbons (Fsp3) is 1.00. The number of hydrogen-bond acceptors (Lipinski definition) is 2. The summed E-state index contributed by atoms with van der Waals surface area (Å²) in [5.74, 6) is 0. The van der Waals surface area contributed by atoms with Gasteiger partial charge in [0.1, 0.15) is 0 Å². The molecule has 2 heteroatoms. The lowest BCUT2D eigenvalue weighted by atomic mass is 9.92. The molecule has 0 aromatic carbocycles. The number of hydrogen-bond donors (Lipinski definition) is 0. The van der Waals surface area contributed by atoms with Crippen molar-refractivity contribution in [3.05, 3.63) is 0 Å². The summed E-state index contributed by atoms with van der Waals surface area (Å²) < 4.78 is 12.0. The van der Waals surface area contributed by atoms with Crippen LogP contribution in [0, 0.1) is 10.8 Å². The Morgan fingerprint density at radius 1 is 0.650 bits per heavy atom. The third-order valence-corrected chi connectivity index (χ3v) is 4.03. The Hall–Kier alpha value is -0.0800. The zero-order chi connectivity index (χ0) is 15.2. The van der Waals surface area contributed by atoms with Gasteiger partial charge in [-0.3, -0.25) is 0 Å². The minimum absolute atomic E-state index is 0.382. The Bertz CT molecular complexity index is 224. The highest BCUT2D eigenvalue weighted by Gasteiger charge is 2.23. The maximum absolute atomic E-state index is 6.01. The van der Waals surface area contributed by atoms with Gasteiger partial charge in [-0.25, -0.2) is 0 Å². The van der Waals surface area contributed by atoms with Crippen molar-refractivity contribution in [2.45, 2.75) is 92.3 Å². The molecular weight excluding hydrogens is 248 g/mol. The van der Waals surface area contributed by atoms with E-state index in [1.54, 1.807) is 0 Å². The van der Waals surface area contributed by atoms with Gasteiger partial charge in [-0.05, 0) is 49.4 Å². The van der Waals surface area contributed by atoms with Crippen molar-refractivity contribution in [3.8, 4) is 0 Å². The summed E-state index contributed by atoms with van der Waals surface area (Å²) in [6.07, 6.45) is 7.92. The highest BCUT2D eigenvalue weighted by atomic mass is 16.5. The first kappa shape index (κ1) is 18.0. The molecule has 0 N–H and O–H groups in total. The Kier molecular flexibility index (Phi) is 7.00. The van der Waals surface area contributed by atoms with Crippen molar-refractivity contribution in [2.75, 3.05) is 13.2 Å². The van der Waals surface area contributed by atoms with Gasteiger partial charge in [-0.15, -0.1) is 0 Å². The third-order valence-electron chi connectivity index (χ3n) is 4.03. The molecule has 0 heterocycles. The first-order chi connectivity index (χ1) is 9.16. The predicted molar refractivity (Wildman–Crippen MR) is 86.1 cm³/mol. The van der Waals surface area contributed by atoms with E-state index in [4.69, 9.17) is 9.47 Å². The SMILES string of the molecule is CC(C)(C)CCOC1CCC(OCCC(C)(C)C)CC1. The van der Waals surface area contributed by atoms with Gasteiger partial charge >= 0.3 is 0 Å². The summed E-state index contributed by atoms with van der Waals surface area (Å²) in [5.41, 5.74) is 0.764. The van der Waals surface area contributed by atoms with E-state index < -0.39 is 0 Å². The van der Waals surface area contributed by atoms with Crippen LogP contribution >= 0.6 is 0 Å². The van der Waals surface area contributed by atoms with Crippen LogP contribution in [0.5, 0.6) is 0 Å². The van der Waals surface area contributed by atoms with Gasteiger partial charge < -0.3 is 9.47 Å². The van der Waals surface area contributed by atoms with Crippen LogP contribution in [0.15, 0.2) is 0 Å². The molecular formula is C18H36O2. The lowest BCUT2D eigenvalue weighted by Crippen LogP contribution is -2.28. The Morgan fingerprint density at radius 2 is 0.950 bits per heavy atom. The van der Waals surface area contributed by atoms with Crippen LogP contribution in [0.3, 0.4) is 0 Å². The van der Waals surface area contributed by atoms with Gasteiger partial charge in [0.05, 0.1) is 12.2 Å². The molecule has 0 spiro atoms. The minimum atomic E-state index is 0.382. The van der Waals surface area contributed by atoms with E-state index in [2.05, 4.69) is 41.5 Å². The average molecular weight is 284 g/mol. The highest BCUT2D eigenvalue weighted by Crippen LogP contribution is 2.26. The van der Waals surface area contributed by atoms with E-state index in [1.807, 2.05) is 0 Å². The second-order valence-corrected chi connectivity index (χ2v) is 8.76. The number of rotatable bonds is 6. The van der Waals surface area contributed by atoms with Crippen molar-refractivity contribution in [3.63, 3.8) is 0 Å². The van der Waals surface area contributed by atoms with Gasteiger partial charge in [0, 0.05) is 13.2 Å². The molecule has 0 aromatic rings. The summed E-state index contributed by atoms with van der Waals surface area (Å²) in [7, 11) is 0. The topological polar surface area (TPSA) is 18.5 Å². The quantitative estimate of drug-likeness (QED) is 0.667. The van der Waals surface area contributed by atoms with E-state index in [1.165, 1.54) is 25.7 Å². The molecule has 0 unspecified atom stereocenters. The molecule has 0 aromatic heterocycles. The lowest BCUT2D eigenvalue weighted by molar-refractivity contribution is -0.0399. The Balaban J connectivity index is 2.08. The largest absolute Gasteiger partial charge is 0.378 e. The highest BCUT2D eigenvalue weighted by molar-refractivity contribution is 4.74. The normalized spacial score (nSPS) is 24.9. The minimum Gasteiger partial charge on any atom is -0.378 e. The molecule has 0 radical (unpaired) electrons. The monoisotopic (exact) mass is 284 g/mol. The predicted octanol–water partition coefficient (Wildman–Crippen LogP) is 5.20. The molecule has 20 heavy (non-hydrogen) atoms. The van der Waals surface area contributed by atoms with E-state index in [9.17, 15) is 0 Å². The fourth-order valence-corrected chi connectivity index (χ4v) is 2.43. The van der Waals surface area contributed by atoms with Crippen LogP contribution < -0.4 is 0 Å². The molecule has 0 atom stereocenters.